The van der Waals surface area contributed by atoms with Crippen LogP contribution in [0.2, 0.25) is 0 Å². The summed E-state index contributed by atoms with van der Waals surface area (Å²) in [7, 11) is 0. The first-order valence-corrected chi connectivity index (χ1v) is 10.8. The van der Waals surface area contributed by atoms with Crippen LogP contribution >= 0.6 is 0 Å². The van der Waals surface area contributed by atoms with Gasteiger partial charge in [0.25, 0.3) is 0 Å². The number of ketones is 1. The molecule has 1 fully saturated rings. The van der Waals surface area contributed by atoms with E-state index in [0.29, 0.717) is 11.1 Å². The SMILES string of the molecule is O=C(O)c1ccc(C(=O)c2ccc3c(c2)CCC(CCN2CCCCC2)C3)cc1. The Labute approximate surface area is 172 Å². The molecule has 1 heterocycles. The summed E-state index contributed by atoms with van der Waals surface area (Å²) in [6.45, 7) is 3.76. The van der Waals surface area contributed by atoms with Crippen LogP contribution in [0, 0.1) is 5.92 Å². The predicted molar refractivity (Wildman–Crippen MR) is 114 cm³/mol. The van der Waals surface area contributed by atoms with Crippen molar-refractivity contribution in [2.24, 2.45) is 5.92 Å². The molecule has 0 radical (unpaired) electrons. The van der Waals surface area contributed by atoms with Crippen LogP contribution in [-0.2, 0) is 12.8 Å². The first-order valence-electron chi connectivity index (χ1n) is 10.8. The van der Waals surface area contributed by atoms with Crippen LogP contribution < -0.4 is 0 Å². The summed E-state index contributed by atoms with van der Waals surface area (Å²) in [6.07, 6.45) is 8.72. The summed E-state index contributed by atoms with van der Waals surface area (Å²) in [4.78, 5) is 26.4. The van der Waals surface area contributed by atoms with Crippen molar-refractivity contribution in [3.05, 3.63) is 70.3 Å². The van der Waals surface area contributed by atoms with Crippen molar-refractivity contribution in [3.8, 4) is 0 Å². The van der Waals surface area contributed by atoms with E-state index in [-0.39, 0.29) is 11.3 Å². The number of carbonyl (C=O) groups is 2. The van der Waals surface area contributed by atoms with Crippen molar-refractivity contribution >= 4 is 11.8 Å². The van der Waals surface area contributed by atoms with Crippen LogP contribution in [0.4, 0.5) is 0 Å². The highest BCUT2D eigenvalue weighted by atomic mass is 16.4. The molecule has 2 aromatic rings. The number of hydrogen-bond donors (Lipinski definition) is 1. The maximum atomic E-state index is 12.8. The number of benzene rings is 2. The van der Waals surface area contributed by atoms with Crippen molar-refractivity contribution < 1.29 is 14.7 Å². The molecule has 0 amide bonds. The number of fused-ring (bicyclic) bond motifs is 1. The Kier molecular flexibility index (Phi) is 6.10. The van der Waals surface area contributed by atoms with Crippen molar-refractivity contribution in [3.63, 3.8) is 0 Å². The van der Waals surface area contributed by atoms with Gasteiger partial charge in [-0.3, -0.25) is 4.79 Å². The quantitative estimate of drug-likeness (QED) is 0.732. The van der Waals surface area contributed by atoms with Gasteiger partial charge in [-0.05, 0) is 93.4 Å². The van der Waals surface area contributed by atoms with Crippen LogP contribution in [-0.4, -0.2) is 41.4 Å². The second-order valence-electron chi connectivity index (χ2n) is 8.49. The zero-order valence-electron chi connectivity index (χ0n) is 16.9. The molecule has 1 N–H and O–H groups in total. The third-order valence-electron chi connectivity index (χ3n) is 6.50. The fourth-order valence-corrected chi connectivity index (χ4v) is 4.70. The average Bonchev–Trinajstić information content (AvgIpc) is 2.77. The summed E-state index contributed by atoms with van der Waals surface area (Å²) >= 11 is 0. The van der Waals surface area contributed by atoms with Crippen LogP contribution in [0.5, 0.6) is 0 Å². The van der Waals surface area contributed by atoms with Gasteiger partial charge in [0.05, 0.1) is 5.56 Å². The number of nitrogens with zero attached hydrogens (tertiary/aromatic N) is 1. The van der Waals surface area contributed by atoms with E-state index in [1.807, 2.05) is 12.1 Å². The number of carboxylic acid groups (broad SMARTS) is 1. The lowest BCUT2D eigenvalue weighted by molar-refractivity contribution is 0.0696. The summed E-state index contributed by atoms with van der Waals surface area (Å²) in [5.41, 5.74) is 4.11. The van der Waals surface area contributed by atoms with Gasteiger partial charge in [0.15, 0.2) is 5.78 Å². The highest BCUT2D eigenvalue weighted by Crippen LogP contribution is 2.29. The lowest BCUT2D eigenvalue weighted by Crippen LogP contribution is -2.32. The molecule has 1 aliphatic carbocycles. The number of piperidine rings is 1. The van der Waals surface area contributed by atoms with E-state index in [0.717, 1.165) is 18.8 Å². The summed E-state index contributed by atoms with van der Waals surface area (Å²) in [5.74, 6) is -0.279. The van der Waals surface area contributed by atoms with Crippen molar-refractivity contribution in [2.75, 3.05) is 19.6 Å². The van der Waals surface area contributed by atoms with E-state index < -0.39 is 5.97 Å². The standard InChI is InChI=1S/C25H29NO3/c27-24(19-6-8-20(9-7-19)25(28)29)23-11-10-21-16-18(4-5-22(21)17-23)12-15-26-13-2-1-3-14-26/h6-11,17-18H,1-5,12-16H2,(H,28,29). The fraction of sp³-hybridized carbons (Fsp3) is 0.440. The van der Waals surface area contributed by atoms with Gasteiger partial charge in [-0.2, -0.15) is 0 Å². The van der Waals surface area contributed by atoms with E-state index >= 15 is 0 Å². The smallest absolute Gasteiger partial charge is 0.335 e. The third kappa shape index (κ3) is 4.76. The maximum absolute atomic E-state index is 12.8. The molecule has 1 saturated heterocycles. The molecule has 0 spiro atoms. The molecule has 1 aliphatic heterocycles. The molecule has 2 aromatic carbocycles. The number of aryl methyl sites for hydroxylation is 1. The van der Waals surface area contributed by atoms with Crippen molar-refractivity contribution in [1.29, 1.82) is 0 Å². The van der Waals surface area contributed by atoms with Gasteiger partial charge in [0.1, 0.15) is 0 Å². The van der Waals surface area contributed by atoms with Crippen LogP contribution in [0.3, 0.4) is 0 Å². The van der Waals surface area contributed by atoms with Crippen LogP contribution in [0.1, 0.15) is 69.5 Å². The molecule has 1 atom stereocenters. The number of carbonyl (C=O) groups excluding carboxylic acids is 1. The molecule has 0 saturated carbocycles. The van der Waals surface area contributed by atoms with Crippen LogP contribution in [0.15, 0.2) is 42.5 Å². The molecule has 29 heavy (non-hydrogen) atoms. The Morgan fingerprint density at radius 2 is 1.59 bits per heavy atom. The predicted octanol–water partition coefficient (Wildman–Crippen LogP) is 4.60. The summed E-state index contributed by atoms with van der Waals surface area (Å²) < 4.78 is 0. The molecule has 2 aliphatic rings. The van der Waals surface area contributed by atoms with Gasteiger partial charge < -0.3 is 10.0 Å². The number of hydrogen-bond acceptors (Lipinski definition) is 3. The fourth-order valence-electron chi connectivity index (χ4n) is 4.70. The van der Waals surface area contributed by atoms with E-state index in [2.05, 4.69) is 11.0 Å². The number of rotatable bonds is 6. The first-order chi connectivity index (χ1) is 14.1. The highest BCUT2D eigenvalue weighted by Gasteiger charge is 2.21. The lowest BCUT2D eigenvalue weighted by atomic mass is 9.81. The molecule has 0 bridgehead atoms. The minimum absolute atomic E-state index is 0.0445. The Morgan fingerprint density at radius 1 is 0.897 bits per heavy atom. The Morgan fingerprint density at radius 3 is 2.31 bits per heavy atom. The largest absolute Gasteiger partial charge is 0.478 e. The molecular formula is C25H29NO3. The minimum atomic E-state index is -0.979. The van der Waals surface area contributed by atoms with Crippen molar-refractivity contribution in [1.82, 2.24) is 4.90 Å². The number of aromatic carboxylic acids is 1. The summed E-state index contributed by atoms with van der Waals surface area (Å²) in [5, 5.41) is 9.01. The van der Waals surface area contributed by atoms with E-state index in [4.69, 9.17) is 5.11 Å². The van der Waals surface area contributed by atoms with Gasteiger partial charge in [-0.25, -0.2) is 4.79 Å². The maximum Gasteiger partial charge on any atom is 0.335 e. The second-order valence-corrected chi connectivity index (χ2v) is 8.49. The van der Waals surface area contributed by atoms with Gasteiger partial charge in [0, 0.05) is 11.1 Å². The van der Waals surface area contributed by atoms with Gasteiger partial charge in [0.2, 0.25) is 0 Å². The molecule has 4 rings (SSSR count). The molecule has 4 heteroatoms. The number of likely N-dealkylation sites (tertiary alicyclic amines) is 1. The molecule has 4 nitrogen and oxygen atoms in total. The first kappa shape index (κ1) is 19.8. The average molecular weight is 392 g/mol. The van der Waals surface area contributed by atoms with Gasteiger partial charge >= 0.3 is 5.97 Å². The molecule has 1 unspecified atom stereocenters. The monoisotopic (exact) mass is 391 g/mol. The highest BCUT2D eigenvalue weighted by molar-refractivity contribution is 6.09. The Hall–Kier alpha value is -2.46. The molecule has 0 aromatic heterocycles. The zero-order chi connectivity index (χ0) is 20.2. The number of carboxylic acids is 1. The minimum Gasteiger partial charge on any atom is -0.478 e. The molecule has 152 valence electrons. The second kappa shape index (κ2) is 8.91. The van der Waals surface area contributed by atoms with Crippen LogP contribution in [0.25, 0.3) is 0 Å². The summed E-state index contributed by atoms with van der Waals surface area (Å²) in [6, 6.07) is 12.3. The molecular weight excluding hydrogens is 362 g/mol. The van der Waals surface area contributed by atoms with Gasteiger partial charge in [-0.15, -0.1) is 0 Å². The Balaban J connectivity index is 1.39. The van der Waals surface area contributed by atoms with Gasteiger partial charge in [-0.1, -0.05) is 30.7 Å². The normalized spacial score (nSPS) is 19.5. The topological polar surface area (TPSA) is 57.6 Å². The van der Waals surface area contributed by atoms with E-state index in [1.165, 1.54) is 75.0 Å². The van der Waals surface area contributed by atoms with Crippen molar-refractivity contribution in [2.45, 2.75) is 44.9 Å². The van der Waals surface area contributed by atoms with E-state index in [9.17, 15) is 9.59 Å². The Bertz CT molecular complexity index is 881. The third-order valence-corrected chi connectivity index (χ3v) is 6.50. The lowest BCUT2D eigenvalue weighted by Gasteiger charge is -2.30. The van der Waals surface area contributed by atoms with E-state index in [1.54, 1.807) is 12.1 Å². The zero-order valence-corrected chi connectivity index (χ0v) is 16.9.